The summed E-state index contributed by atoms with van der Waals surface area (Å²) in [7, 11) is 0. The van der Waals surface area contributed by atoms with E-state index in [4.69, 9.17) is 12.2 Å². The van der Waals surface area contributed by atoms with Crippen LogP contribution >= 0.6 is 35.7 Å². The van der Waals surface area contributed by atoms with E-state index in [1.54, 1.807) is 11.8 Å². The molecule has 0 aromatic rings. The Morgan fingerprint density at radius 3 is 2.33 bits per heavy atom. The number of hydrogen-bond acceptors (Lipinski definition) is 7. The first-order valence-corrected chi connectivity index (χ1v) is 12.5. The van der Waals surface area contributed by atoms with Crippen LogP contribution in [-0.4, -0.2) is 62.7 Å². The van der Waals surface area contributed by atoms with Crippen molar-refractivity contribution in [1.29, 1.82) is 0 Å². The summed E-state index contributed by atoms with van der Waals surface area (Å²) in [6, 6.07) is 0. The molecule has 30 heavy (non-hydrogen) atoms. The van der Waals surface area contributed by atoms with Crippen LogP contribution in [0.2, 0.25) is 0 Å². The summed E-state index contributed by atoms with van der Waals surface area (Å²) >= 11 is 8.13. The number of thioether (sulfide) groups is 2. The van der Waals surface area contributed by atoms with Gasteiger partial charge in [-0.25, -0.2) is 0 Å². The van der Waals surface area contributed by atoms with Gasteiger partial charge in [0.05, 0.1) is 5.25 Å². The van der Waals surface area contributed by atoms with Crippen molar-refractivity contribution in [3.8, 4) is 0 Å². The maximum Gasteiger partial charge on any atom is 0.253 e. The van der Waals surface area contributed by atoms with Gasteiger partial charge in [0.15, 0.2) is 0 Å². The highest BCUT2D eigenvalue weighted by molar-refractivity contribution is 8.47. The first-order valence-electron chi connectivity index (χ1n) is 10.2. The van der Waals surface area contributed by atoms with Crippen molar-refractivity contribution in [1.82, 2.24) is 15.5 Å². The van der Waals surface area contributed by atoms with Crippen molar-refractivity contribution in [2.75, 3.05) is 25.4 Å². The number of carbonyl (C=O) groups excluding carboxylic acids is 4. The number of nitrogens with zero attached hydrogens (tertiary/aromatic N) is 1. The van der Waals surface area contributed by atoms with Crippen molar-refractivity contribution in [2.45, 2.75) is 44.8 Å². The molecule has 1 saturated carbocycles. The highest BCUT2D eigenvalue weighted by Gasteiger charge is 2.31. The highest BCUT2D eigenvalue weighted by atomic mass is 32.2. The van der Waals surface area contributed by atoms with E-state index in [0.29, 0.717) is 19.6 Å². The molecule has 0 radical (unpaired) electrons. The van der Waals surface area contributed by atoms with Gasteiger partial charge in [-0.05, 0) is 44.3 Å². The summed E-state index contributed by atoms with van der Waals surface area (Å²) in [6.45, 7) is 5.04. The van der Waals surface area contributed by atoms with Gasteiger partial charge >= 0.3 is 0 Å². The van der Waals surface area contributed by atoms with Gasteiger partial charge in [-0.2, -0.15) is 0 Å². The van der Waals surface area contributed by atoms with Crippen LogP contribution in [0, 0.1) is 11.8 Å². The van der Waals surface area contributed by atoms with Gasteiger partial charge < -0.3 is 10.6 Å². The van der Waals surface area contributed by atoms with Crippen molar-refractivity contribution in [3.63, 3.8) is 0 Å². The highest BCUT2D eigenvalue weighted by Crippen LogP contribution is 2.30. The lowest BCUT2D eigenvalue weighted by atomic mass is 9.81. The molecule has 1 atom stereocenters. The van der Waals surface area contributed by atoms with Crippen LogP contribution in [-0.2, 0) is 19.2 Å². The van der Waals surface area contributed by atoms with Crippen LogP contribution in [0.25, 0.3) is 0 Å². The number of amides is 4. The fourth-order valence-electron chi connectivity index (χ4n) is 3.49. The molecule has 0 bridgehead atoms. The average Bonchev–Trinajstić information content (AvgIpc) is 3.03. The van der Waals surface area contributed by atoms with E-state index < -0.39 is 0 Å². The van der Waals surface area contributed by atoms with E-state index in [1.807, 2.05) is 13.8 Å². The Bertz CT molecular complexity index is 687. The Hall–Kier alpha value is -1.39. The molecule has 166 valence electrons. The van der Waals surface area contributed by atoms with Crippen LogP contribution in [0.4, 0.5) is 0 Å². The molecular weight excluding hydrogens is 442 g/mol. The Labute approximate surface area is 191 Å². The third-order valence-corrected chi connectivity index (χ3v) is 7.76. The largest absolute Gasteiger partial charge is 0.354 e. The molecule has 0 spiro atoms. The fourth-order valence-corrected chi connectivity index (χ4v) is 6.05. The first kappa shape index (κ1) is 24.9. The summed E-state index contributed by atoms with van der Waals surface area (Å²) in [5.74, 6) is 0.492. The molecule has 1 unspecified atom stereocenters. The second kappa shape index (κ2) is 12.5. The number of imide groups is 1. The van der Waals surface area contributed by atoms with Gasteiger partial charge in [-0.15, -0.1) is 11.8 Å². The van der Waals surface area contributed by atoms with E-state index in [1.165, 1.54) is 28.8 Å². The van der Waals surface area contributed by atoms with Crippen LogP contribution < -0.4 is 10.6 Å². The predicted molar refractivity (Wildman–Crippen MR) is 125 cm³/mol. The molecule has 1 aliphatic heterocycles. The van der Waals surface area contributed by atoms with Gasteiger partial charge in [0.1, 0.15) is 3.53 Å². The molecule has 0 saturated heterocycles. The number of rotatable bonds is 9. The second-order valence-corrected chi connectivity index (χ2v) is 11.2. The molecule has 2 aliphatic rings. The number of carbonyl (C=O) groups is 4. The van der Waals surface area contributed by atoms with Gasteiger partial charge in [0.25, 0.3) is 11.8 Å². The molecule has 4 amide bonds. The van der Waals surface area contributed by atoms with E-state index in [9.17, 15) is 19.2 Å². The van der Waals surface area contributed by atoms with Gasteiger partial charge in [-0.3, -0.25) is 24.1 Å². The minimum Gasteiger partial charge on any atom is -0.354 e. The smallest absolute Gasteiger partial charge is 0.253 e. The summed E-state index contributed by atoms with van der Waals surface area (Å²) in [4.78, 5) is 49.1. The maximum absolute atomic E-state index is 12.4. The molecule has 1 heterocycles. The second-order valence-electron chi connectivity index (χ2n) is 7.36. The normalized spacial score (nSPS) is 22.1. The Morgan fingerprint density at radius 2 is 1.73 bits per heavy atom. The lowest BCUT2D eigenvalue weighted by Gasteiger charge is -2.30. The number of thiocarbonyl (C=S) groups is 1. The summed E-state index contributed by atoms with van der Waals surface area (Å²) in [5, 5.41) is 5.46. The molecule has 7 nitrogen and oxygen atoms in total. The summed E-state index contributed by atoms with van der Waals surface area (Å²) < 4.78 is 0.763. The molecule has 1 aliphatic carbocycles. The fraction of sp³-hybridized carbons (Fsp3) is 0.650. The van der Waals surface area contributed by atoms with Gasteiger partial charge in [0, 0.05) is 37.7 Å². The van der Waals surface area contributed by atoms with Crippen molar-refractivity contribution in [3.05, 3.63) is 12.2 Å². The number of nitrogens with one attached hydrogen (secondary N) is 2. The molecular formula is C20H29N3O4S3. The first-order chi connectivity index (χ1) is 14.3. The van der Waals surface area contributed by atoms with Gasteiger partial charge in [-0.1, -0.05) is 30.9 Å². The molecule has 2 rings (SSSR count). The monoisotopic (exact) mass is 471 g/mol. The Kier molecular flexibility index (Phi) is 10.3. The molecule has 10 heteroatoms. The maximum atomic E-state index is 12.4. The molecule has 1 fully saturated rings. The van der Waals surface area contributed by atoms with Gasteiger partial charge in [0.2, 0.25) is 11.8 Å². The minimum absolute atomic E-state index is 0.000591. The third kappa shape index (κ3) is 7.70. The third-order valence-electron chi connectivity index (χ3n) is 5.19. The summed E-state index contributed by atoms with van der Waals surface area (Å²) in [5.41, 5.74) is 0. The van der Waals surface area contributed by atoms with E-state index in [2.05, 4.69) is 10.6 Å². The topological polar surface area (TPSA) is 95.6 Å². The van der Waals surface area contributed by atoms with Crippen molar-refractivity contribution in [2.24, 2.45) is 11.8 Å². The molecule has 2 N–H and O–H groups in total. The SMILES string of the molecule is CCSC(=S)SC(C)C(=O)NCCNC(=O)C1CCC(CN2C(=O)C=CC2=O)CC1. The Morgan fingerprint density at radius 1 is 1.13 bits per heavy atom. The standard InChI is InChI=1S/C20H29N3O4S3/c1-3-29-20(28)30-13(2)18(26)21-10-11-22-19(27)15-6-4-14(5-7-15)12-23-16(24)8-9-17(23)25/h8-9,13-15H,3-7,10-12H2,1-2H3,(H,21,26)(H,22,27). The lowest BCUT2D eigenvalue weighted by Crippen LogP contribution is -2.41. The zero-order chi connectivity index (χ0) is 22.1. The van der Waals surface area contributed by atoms with Crippen LogP contribution in [0.1, 0.15) is 39.5 Å². The number of hydrogen-bond donors (Lipinski definition) is 2. The van der Waals surface area contributed by atoms with Crippen LogP contribution in [0.5, 0.6) is 0 Å². The van der Waals surface area contributed by atoms with Crippen LogP contribution in [0.3, 0.4) is 0 Å². The molecule has 0 aromatic heterocycles. The lowest BCUT2D eigenvalue weighted by molar-refractivity contribution is -0.138. The predicted octanol–water partition coefficient (Wildman–Crippen LogP) is 2.11. The van der Waals surface area contributed by atoms with Crippen molar-refractivity contribution >= 4 is 62.9 Å². The quantitative estimate of drug-likeness (QED) is 0.302. The average molecular weight is 472 g/mol. The van der Waals surface area contributed by atoms with E-state index in [-0.39, 0.29) is 40.7 Å². The van der Waals surface area contributed by atoms with E-state index in [0.717, 1.165) is 35.0 Å². The summed E-state index contributed by atoms with van der Waals surface area (Å²) in [6.07, 6.45) is 5.72. The zero-order valence-electron chi connectivity index (χ0n) is 17.3. The zero-order valence-corrected chi connectivity index (χ0v) is 19.8. The Balaban J connectivity index is 1.60. The molecule has 0 aromatic carbocycles. The minimum atomic E-state index is -0.257. The van der Waals surface area contributed by atoms with Crippen LogP contribution in [0.15, 0.2) is 12.2 Å². The van der Waals surface area contributed by atoms with Crippen molar-refractivity contribution < 1.29 is 19.2 Å². The van der Waals surface area contributed by atoms with E-state index >= 15 is 0 Å².